The van der Waals surface area contributed by atoms with Crippen molar-refractivity contribution in [3.05, 3.63) is 59.7 Å². The summed E-state index contributed by atoms with van der Waals surface area (Å²) in [7, 11) is 1.31. The lowest BCUT2D eigenvalue weighted by Gasteiger charge is -2.17. The molecule has 1 unspecified atom stereocenters. The first-order valence-corrected chi connectivity index (χ1v) is 8.21. The number of hydrogen-bond donors (Lipinski definition) is 1. The Morgan fingerprint density at radius 2 is 1.84 bits per heavy atom. The van der Waals surface area contributed by atoms with Gasteiger partial charge < -0.3 is 14.8 Å². The molecule has 2 rings (SSSR count). The summed E-state index contributed by atoms with van der Waals surface area (Å²) in [5.41, 5.74) is 2.58. The highest BCUT2D eigenvalue weighted by atomic mass is 16.6. The van der Waals surface area contributed by atoms with E-state index in [1.807, 2.05) is 44.2 Å². The van der Waals surface area contributed by atoms with Crippen LogP contribution in [0.25, 0.3) is 0 Å². The number of anilines is 1. The molecule has 1 atom stereocenters. The Labute approximate surface area is 148 Å². The van der Waals surface area contributed by atoms with Crippen molar-refractivity contribution < 1.29 is 19.1 Å². The highest BCUT2D eigenvalue weighted by Crippen LogP contribution is 2.25. The minimum Gasteiger partial charge on any atom is -0.482 e. The molecule has 0 radical (unpaired) electrons. The fourth-order valence-electron chi connectivity index (χ4n) is 2.55. The van der Waals surface area contributed by atoms with Crippen molar-refractivity contribution in [1.29, 1.82) is 0 Å². The summed E-state index contributed by atoms with van der Waals surface area (Å²) in [6.45, 7) is 3.73. The van der Waals surface area contributed by atoms with E-state index < -0.39 is 5.97 Å². The van der Waals surface area contributed by atoms with E-state index in [1.165, 1.54) is 7.11 Å². The minimum absolute atomic E-state index is 0.0416. The predicted octanol–water partition coefficient (Wildman–Crippen LogP) is 3.68. The number of esters is 1. The first-order valence-electron chi connectivity index (χ1n) is 8.21. The number of amides is 1. The monoisotopic (exact) mass is 341 g/mol. The van der Waals surface area contributed by atoms with E-state index in [0.29, 0.717) is 5.75 Å². The van der Waals surface area contributed by atoms with Crippen LogP contribution in [0.2, 0.25) is 0 Å². The summed E-state index contributed by atoms with van der Waals surface area (Å²) in [6, 6.07) is 15.0. The number of hydrogen-bond acceptors (Lipinski definition) is 4. The molecule has 0 saturated heterocycles. The molecule has 2 aromatic rings. The molecule has 5 nitrogen and oxygen atoms in total. The standard InChI is InChI=1S/C20H23NO4/c1-4-17(15-8-6-5-7-9-15)20(23)21-18-11-10-16(12-14(18)2)25-13-19(22)24-3/h5-12,17H,4,13H2,1-3H3,(H,21,23). The average Bonchev–Trinajstić information content (AvgIpc) is 2.63. The van der Waals surface area contributed by atoms with Crippen LogP contribution in [0.3, 0.4) is 0 Å². The second-order valence-corrected chi connectivity index (χ2v) is 5.70. The number of nitrogens with one attached hydrogen (secondary N) is 1. The van der Waals surface area contributed by atoms with Crippen molar-refractivity contribution in [3.8, 4) is 5.75 Å². The van der Waals surface area contributed by atoms with Crippen molar-refractivity contribution >= 4 is 17.6 Å². The van der Waals surface area contributed by atoms with Gasteiger partial charge in [0.05, 0.1) is 13.0 Å². The molecule has 1 amide bonds. The number of benzene rings is 2. The van der Waals surface area contributed by atoms with Crippen LogP contribution >= 0.6 is 0 Å². The molecule has 0 aliphatic carbocycles. The normalized spacial score (nSPS) is 11.5. The smallest absolute Gasteiger partial charge is 0.343 e. The van der Waals surface area contributed by atoms with Gasteiger partial charge >= 0.3 is 5.97 Å². The maximum Gasteiger partial charge on any atom is 0.343 e. The first-order chi connectivity index (χ1) is 12.0. The van der Waals surface area contributed by atoms with Gasteiger partial charge in [-0.2, -0.15) is 0 Å². The topological polar surface area (TPSA) is 64.6 Å². The zero-order chi connectivity index (χ0) is 18.2. The zero-order valence-electron chi connectivity index (χ0n) is 14.7. The van der Waals surface area contributed by atoms with E-state index in [-0.39, 0.29) is 18.4 Å². The van der Waals surface area contributed by atoms with Gasteiger partial charge in [-0.05, 0) is 42.7 Å². The summed E-state index contributed by atoms with van der Waals surface area (Å²) in [5, 5.41) is 2.98. The molecule has 1 N–H and O–H groups in total. The summed E-state index contributed by atoms with van der Waals surface area (Å²) in [4.78, 5) is 23.8. The van der Waals surface area contributed by atoms with Gasteiger partial charge in [0, 0.05) is 5.69 Å². The van der Waals surface area contributed by atoms with Crippen molar-refractivity contribution in [2.45, 2.75) is 26.2 Å². The molecule has 132 valence electrons. The van der Waals surface area contributed by atoms with Crippen LogP contribution in [0.4, 0.5) is 5.69 Å². The van der Waals surface area contributed by atoms with Gasteiger partial charge in [0.25, 0.3) is 0 Å². The Morgan fingerprint density at radius 3 is 2.44 bits per heavy atom. The molecule has 2 aromatic carbocycles. The van der Waals surface area contributed by atoms with Crippen molar-refractivity contribution in [1.82, 2.24) is 0 Å². The van der Waals surface area contributed by atoms with Gasteiger partial charge in [-0.15, -0.1) is 0 Å². The zero-order valence-corrected chi connectivity index (χ0v) is 14.7. The van der Waals surface area contributed by atoms with Crippen molar-refractivity contribution in [3.63, 3.8) is 0 Å². The molecule has 0 fully saturated rings. The second-order valence-electron chi connectivity index (χ2n) is 5.70. The fourth-order valence-corrected chi connectivity index (χ4v) is 2.55. The third kappa shape index (κ3) is 5.08. The Morgan fingerprint density at radius 1 is 1.12 bits per heavy atom. The van der Waals surface area contributed by atoms with Crippen molar-refractivity contribution in [2.75, 3.05) is 19.0 Å². The second kappa shape index (κ2) is 8.87. The molecule has 0 bridgehead atoms. The molecule has 5 heteroatoms. The summed E-state index contributed by atoms with van der Waals surface area (Å²) < 4.78 is 9.89. The predicted molar refractivity (Wildman–Crippen MR) is 96.8 cm³/mol. The van der Waals surface area contributed by atoms with Gasteiger partial charge in [-0.25, -0.2) is 4.79 Å². The van der Waals surface area contributed by atoms with Crippen LogP contribution in [-0.4, -0.2) is 25.6 Å². The van der Waals surface area contributed by atoms with E-state index in [1.54, 1.807) is 18.2 Å². The lowest BCUT2D eigenvalue weighted by Crippen LogP contribution is -2.21. The number of aryl methyl sites for hydroxylation is 1. The maximum atomic E-state index is 12.6. The first kappa shape index (κ1) is 18.5. The number of rotatable bonds is 7. The van der Waals surface area contributed by atoms with Crippen molar-refractivity contribution in [2.24, 2.45) is 0 Å². The molecule has 0 saturated carbocycles. The molecule has 0 spiro atoms. The van der Waals surface area contributed by atoms with E-state index in [4.69, 9.17) is 4.74 Å². The number of carbonyl (C=O) groups excluding carboxylic acids is 2. The lowest BCUT2D eigenvalue weighted by molar-refractivity contribution is -0.142. The van der Waals surface area contributed by atoms with Crippen LogP contribution in [0.1, 0.15) is 30.4 Å². The van der Waals surface area contributed by atoms with Crippen LogP contribution < -0.4 is 10.1 Å². The highest BCUT2D eigenvalue weighted by Gasteiger charge is 2.19. The van der Waals surface area contributed by atoms with Gasteiger partial charge in [-0.1, -0.05) is 37.3 Å². The summed E-state index contributed by atoms with van der Waals surface area (Å²) >= 11 is 0. The lowest BCUT2D eigenvalue weighted by atomic mass is 9.95. The van der Waals surface area contributed by atoms with Gasteiger partial charge in [0.15, 0.2) is 6.61 Å². The van der Waals surface area contributed by atoms with Crippen LogP contribution in [0, 0.1) is 6.92 Å². The fraction of sp³-hybridized carbons (Fsp3) is 0.300. The van der Waals surface area contributed by atoms with Gasteiger partial charge in [0.2, 0.25) is 5.91 Å². The Kier molecular flexibility index (Phi) is 6.57. The average molecular weight is 341 g/mol. The molecular formula is C20H23NO4. The highest BCUT2D eigenvalue weighted by molar-refractivity contribution is 5.96. The Bertz CT molecular complexity index is 728. The molecule has 25 heavy (non-hydrogen) atoms. The van der Waals surface area contributed by atoms with Gasteiger partial charge in [-0.3, -0.25) is 4.79 Å². The Balaban J connectivity index is 2.06. The summed E-state index contributed by atoms with van der Waals surface area (Å²) in [6.07, 6.45) is 0.717. The SMILES string of the molecule is CCC(C(=O)Nc1ccc(OCC(=O)OC)cc1C)c1ccccc1. The van der Waals surface area contributed by atoms with E-state index in [9.17, 15) is 9.59 Å². The van der Waals surface area contributed by atoms with Crippen LogP contribution in [-0.2, 0) is 14.3 Å². The van der Waals surface area contributed by atoms with Gasteiger partial charge in [0.1, 0.15) is 5.75 Å². The molecule has 0 heterocycles. The quantitative estimate of drug-likeness (QED) is 0.780. The maximum absolute atomic E-state index is 12.6. The van der Waals surface area contributed by atoms with E-state index in [2.05, 4.69) is 10.1 Å². The van der Waals surface area contributed by atoms with Crippen LogP contribution in [0.5, 0.6) is 5.75 Å². The molecule has 0 aliphatic heterocycles. The number of ether oxygens (including phenoxy) is 2. The minimum atomic E-state index is -0.441. The summed E-state index contributed by atoms with van der Waals surface area (Å²) in [5.74, 6) is -0.129. The van der Waals surface area contributed by atoms with Crippen LogP contribution in [0.15, 0.2) is 48.5 Å². The molecule has 0 aliphatic rings. The number of methoxy groups -OCH3 is 1. The Hall–Kier alpha value is -2.82. The molecule has 0 aromatic heterocycles. The third-order valence-corrected chi connectivity index (χ3v) is 3.97. The third-order valence-electron chi connectivity index (χ3n) is 3.97. The number of carbonyl (C=O) groups is 2. The van der Waals surface area contributed by atoms with E-state index >= 15 is 0 Å². The largest absolute Gasteiger partial charge is 0.482 e. The molecular weight excluding hydrogens is 318 g/mol. The van der Waals surface area contributed by atoms with E-state index in [0.717, 1.165) is 23.2 Å².